The first-order valence-corrected chi connectivity index (χ1v) is 4.54. The van der Waals surface area contributed by atoms with Crippen LogP contribution >= 0.6 is 0 Å². The van der Waals surface area contributed by atoms with Crippen LogP contribution in [0.25, 0.3) is 0 Å². The number of carbonyl (C=O) groups excluding carboxylic acids is 5. The summed E-state index contributed by atoms with van der Waals surface area (Å²) >= 11 is 0. The summed E-state index contributed by atoms with van der Waals surface area (Å²) in [7, 11) is 0. The van der Waals surface area contributed by atoms with Crippen molar-refractivity contribution in [3.63, 3.8) is 0 Å². The number of hydrogen-bond acceptors (Lipinski definition) is 10. The van der Waals surface area contributed by atoms with E-state index in [9.17, 15) is 0 Å². The Morgan fingerprint density at radius 3 is 0.455 bits per heavy atom. The van der Waals surface area contributed by atoms with Crippen molar-refractivity contribution < 1.29 is 102 Å². The Kier molecular flexibility index (Phi) is 71.8. The molecule has 128 valence electrons. The van der Waals surface area contributed by atoms with E-state index in [0.29, 0.717) is 0 Å². The number of carbonyl (C=O) groups is 5. The van der Waals surface area contributed by atoms with E-state index in [-0.39, 0.29) is 52.1 Å². The van der Waals surface area contributed by atoms with Crippen molar-refractivity contribution in [2.45, 2.75) is 34.6 Å². The average molecular weight is 493 g/mol. The molecule has 0 aromatic heterocycles. The van der Waals surface area contributed by atoms with Gasteiger partial charge in [0.05, 0.1) is 0 Å². The van der Waals surface area contributed by atoms with Gasteiger partial charge in [-0.3, -0.25) is 0 Å². The molecule has 0 saturated carbocycles. The van der Waals surface area contributed by atoms with Crippen LogP contribution in [0.1, 0.15) is 34.6 Å². The van der Waals surface area contributed by atoms with E-state index in [2.05, 4.69) is 0 Å². The van der Waals surface area contributed by atoms with Gasteiger partial charge in [-0.2, -0.15) is 0 Å². The van der Waals surface area contributed by atoms with Gasteiger partial charge in [0.2, 0.25) is 0 Å². The van der Waals surface area contributed by atoms with Crippen molar-refractivity contribution in [2.24, 2.45) is 0 Å². The van der Waals surface area contributed by atoms with Crippen LogP contribution < -0.4 is 25.5 Å². The van der Waals surface area contributed by atoms with Crippen molar-refractivity contribution >= 4 is 29.8 Å². The zero-order valence-electron chi connectivity index (χ0n) is 12.5. The van der Waals surface area contributed by atoms with Gasteiger partial charge in [-0.25, -0.2) is 0 Å². The summed E-state index contributed by atoms with van der Waals surface area (Å²) in [5.41, 5.74) is 0. The van der Waals surface area contributed by atoms with Crippen molar-refractivity contribution in [3.8, 4) is 0 Å². The Morgan fingerprint density at radius 2 is 0.455 bits per heavy atom. The molecule has 0 aliphatic carbocycles. The molecule has 0 rings (SSSR count). The zero-order valence-corrected chi connectivity index (χ0v) is 17.1. The maximum Gasteiger partial charge on any atom is 3.00 e. The third-order valence-corrected chi connectivity index (χ3v) is 0. The van der Waals surface area contributed by atoms with E-state index in [4.69, 9.17) is 49.5 Å². The molecule has 0 spiro atoms. The molecule has 0 aliphatic heterocycles. The van der Waals surface area contributed by atoms with E-state index < -0.39 is 29.8 Å². The molecule has 0 bridgehead atoms. The van der Waals surface area contributed by atoms with Crippen LogP contribution in [0.15, 0.2) is 0 Å². The molecule has 0 aromatic carbocycles. The van der Waals surface area contributed by atoms with Crippen LogP contribution in [-0.2, 0) is 40.5 Å². The number of carboxylic acids is 5. The van der Waals surface area contributed by atoms with Crippen molar-refractivity contribution in [2.75, 3.05) is 0 Å². The first-order valence-electron chi connectivity index (χ1n) is 4.54. The van der Waals surface area contributed by atoms with Crippen molar-refractivity contribution in [1.29, 1.82) is 0 Å². The molecular weight excluding hydrogens is 478 g/mol. The molecule has 0 amide bonds. The minimum absolute atomic E-state index is 0. The molecule has 0 aromatic rings. The second-order valence-corrected chi connectivity index (χ2v) is 2.46. The second-order valence-electron chi connectivity index (χ2n) is 2.46. The molecule has 12 heteroatoms. The summed E-state index contributed by atoms with van der Waals surface area (Å²) in [6.45, 7) is 4.86. The maximum atomic E-state index is 8.89. The minimum atomic E-state index is -1.08. The van der Waals surface area contributed by atoms with Gasteiger partial charge in [0, 0.05) is 29.8 Å². The number of carboxylic acid groups (broad SMARTS) is 5. The fraction of sp³-hybridized carbons (Fsp3) is 0.500. The van der Waals surface area contributed by atoms with Crippen LogP contribution in [0.3, 0.4) is 0 Å². The topological polar surface area (TPSA) is 201 Å². The summed E-state index contributed by atoms with van der Waals surface area (Å²) < 4.78 is 0. The molecule has 0 fully saturated rings. The molecule has 0 N–H and O–H groups in total. The fourth-order valence-corrected chi connectivity index (χ4v) is 0. The van der Waals surface area contributed by atoms with E-state index in [0.717, 1.165) is 34.6 Å². The van der Waals surface area contributed by atoms with Gasteiger partial charge in [-0.15, -0.1) is 0 Å². The third-order valence-electron chi connectivity index (χ3n) is 0. The first kappa shape index (κ1) is 42.9. The molecule has 10 nitrogen and oxygen atoms in total. The SMILES string of the molecule is CC(=O)[O-].CC(=O)[O-].CC(=O)[O-].CC(=O)[O-].CC(=O)[O-].[La+3].[Ni+2]. The van der Waals surface area contributed by atoms with Gasteiger partial charge in [0.15, 0.2) is 0 Å². The minimum Gasteiger partial charge on any atom is -0.550 e. The van der Waals surface area contributed by atoms with E-state index >= 15 is 0 Å². The molecule has 0 atom stereocenters. The summed E-state index contributed by atoms with van der Waals surface area (Å²) in [6.07, 6.45) is 0. The Balaban J connectivity index is -0.0000000250. The van der Waals surface area contributed by atoms with Gasteiger partial charge in [-0.1, -0.05) is 0 Å². The Labute approximate surface area is 165 Å². The maximum absolute atomic E-state index is 8.89. The predicted octanol–water partition coefficient (Wildman–Crippen LogP) is -6.22. The monoisotopic (exact) mass is 492 g/mol. The quantitative estimate of drug-likeness (QED) is 0.293. The van der Waals surface area contributed by atoms with Gasteiger partial charge in [0.1, 0.15) is 0 Å². The Morgan fingerprint density at radius 1 is 0.455 bits per heavy atom. The van der Waals surface area contributed by atoms with E-state index in [1.165, 1.54) is 0 Å². The Hall–Kier alpha value is -0.962. The number of hydrogen-bond donors (Lipinski definition) is 0. The Bertz CT molecular complexity index is 216. The van der Waals surface area contributed by atoms with Crippen molar-refractivity contribution in [3.05, 3.63) is 0 Å². The smallest absolute Gasteiger partial charge is 0.550 e. The van der Waals surface area contributed by atoms with Crippen LogP contribution in [-0.4, -0.2) is 29.8 Å². The van der Waals surface area contributed by atoms with Gasteiger partial charge < -0.3 is 49.5 Å². The second kappa shape index (κ2) is 36.9. The molecule has 0 unspecified atom stereocenters. The summed E-state index contributed by atoms with van der Waals surface area (Å²) in [6, 6.07) is 0. The van der Waals surface area contributed by atoms with E-state index in [1.807, 2.05) is 0 Å². The average Bonchev–Trinajstić information content (AvgIpc) is 1.94. The molecular formula is C10H15LaNiO10. The molecule has 0 saturated heterocycles. The molecule has 0 radical (unpaired) electrons. The largest absolute Gasteiger partial charge is 3.00 e. The molecule has 0 aliphatic rings. The predicted molar refractivity (Wildman–Crippen MR) is 53.4 cm³/mol. The number of rotatable bonds is 0. The molecule has 22 heavy (non-hydrogen) atoms. The van der Waals surface area contributed by atoms with Gasteiger partial charge >= 0.3 is 52.1 Å². The van der Waals surface area contributed by atoms with Crippen molar-refractivity contribution in [1.82, 2.24) is 0 Å². The standard InChI is InChI=1S/5C2H4O2.La.Ni/c5*1-2(3)4;;/h5*1H3,(H,3,4);;/q;;;;;+3;+2/p-5. The summed E-state index contributed by atoms with van der Waals surface area (Å²) in [5, 5.41) is 44.4. The molecule has 0 heterocycles. The number of aliphatic carboxylic acids is 5. The van der Waals surface area contributed by atoms with Crippen LogP contribution in [0.2, 0.25) is 0 Å². The summed E-state index contributed by atoms with van der Waals surface area (Å²) in [4.78, 5) is 44.4. The third kappa shape index (κ3) is 6700. The fourth-order valence-electron chi connectivity index (χ4n) is 0. The summed E-state index contributed by atoms with van der Waals surface area (Å²) in [5.74, 6) is -5.42. The normalized spacial score (nSPS) is 5.68. The van der Waals surface area contributed by atoms with Crippen LogP contribution in [0.4, 0.5) is 0 Å². The van der Waals surface area contributed by atoms with Crippen LogP contribution in [0.5, 0.6) is 0 Å². The van der Waals surface area contributed by atoms with Gasteiger partial charge in [-0.05, 0) is 34.6 Å². The van der Waals surface area contributed by atoms with E-state index in [1.54, 1.807) is 0 Å². The van der Waals surface area contributed by atoms with Gasteiger partial charge in [0.25, 0.3) is 0 Å². The first-order chi connectivity index (χ1) is 8.66. The van der Waals surface area contributed by atoms with Crippen LogP contribution in [0, 0.1) is 35.6 Å². The zero-order chi connectivity index (χ0) is 17.9.